The summed E-state index contributed by atoms with van der Waals surface area (Å²) in [6.07, 6.45) is 2.91. The molecule has 0 spiro atoms. The zero-order valence-corrected chi connectivity index (χ0v) is 20.2. The molecule has 0 aliphatic carbocycles. The number of ether oxygens (including phenoxy) is 2. The molecular weight excluding hydrogens is 462 g/mol. The maximum Gasteiger partial charge on any atom is 0.240 e. The van der Waals surface area contributed by atoms with Crippen LogP contribution in [-0.2, 0) is 14.8 Å². The van der Waals surface area contributed by atoms with Gasteiger partial charge in [0.25, 0.3) is 0 Å². The van der Waals surface area contributed by atoms with Crippen LogP contribution in [0.1, 0.15) is 36.7 Å². The number of methoxy groups -OCH3 is 2. The molecule has 10 heteroatoms. The van der Waals surface area contributed by atoms with Crippen LogP contribution < -0.4 is 14.2 Å². The van der Waals surface area contributed by atoms with Crippen LogP contribution in [-0.4, -0.2) is 51.5 Å². The monoisotopic (exact) mass is 489 g/mol. The Morgan fingerprint density at radius 2 is 1.94 bits per heavy atom. The highest BCUT2D eigenvalue weighted by Gasteiger charge is 2.30. The molecule has 176 valence electrons. The molecule has 1 aliphatic rings. The van der Waals surface area contributed by atoms with Crippen LogP contribution >= 0.6 is 11.3 Å². The van der Waals surface area contributed by atoms with Crippen molar-refractivity contribution >= 4 is 37.5 Å². The number of para-hydroxylation sites is 1. The molecule has 1 atom stereocenters. The zero-order valence-electron chi connectivity index (χ0n) is 18.6. The van der Waals surface area contributed by atoms with Crippen LogP contribution in [0.15, 0.2) is 47.4 Å². The molecule has 1 fully saturated rings. The van der Waals surface area contributed by atoms with Crippen LogP contribution in [0.4, 0.5) is 0 Å². The summed E-state index contributed by atoms with van der Waals surface area (Å²) >= 11 is 1.62. The predicted molar refractivity (Wildman–Crippen MR) is 127 cm³/mol. The van der Waals surface area contributed by atoms with Gasteiger partial charge in [-0.05, 0) is 43.5 Å². The van der Waals surface area contributed by atoms with Gasteiger partial charge in [-0.2, -0.15) is 0 Å². The van der Waals surface area contributed by atoms with Crippen LogP contribution in [0.25, 0.3) is 10.2 Å². The van der Waals surface area contributed by atoms with Crippen LogP contribution in [0.3, 0.4) is 0 Å². The minimum Gasteiger partial charge on any atom is -0.493 e. The molecule has 1 N–H and O–H groups in total. The molecule has 1 aliphatic heterocycles. The molecule has 4 rings (SSSR count). The second-order valence-corrected chi connectivity index (χ2v) is 10.6. The summed E-state index contributed by atoms with van der Waals surface area (Å²) in [6.45, 7) is 0.667. The molecule has 1 aromatic heterocycles. The Hall–Kier alpha value is -2.69. The van der Waals surface area contributed by atoms with Crippen LogP contribution in [0.5, 0.6) is 11.5 Å². The van der Waals surface area contributed by atoms with Crippen molar-refractivity contribution in [1.82, 2.24) is 14.6 Å². The van der Waals surface area contributed by atoms with Crippen molar-refractivity contribution in [2.24, 2.45) is 0 Å². The van der Waals surface area contributed by atoms with Crippen LogP contribution in [0, 0.1) is 0 Å². The highest BCUT2D eigenvalue weighted by atomic mass is 32.2. The number of nitrogens with one attached hydrogen (secondary N) is 1. The summed E-state index contributed by atoms with van der Waals surface area (Å²) in [5.41, 5.74) is 0.943. The van der Waals surface area contributed by atoms with Gasteiger partial charge in [-0.25, -0.2) is 18.1 Å². The number of carbonyl (C=O) groups excluding carboxylic acids is 1. The SMILES string of the molecule is COc1ccc(S(=O)(=O)NCCC(=O)N2CCCCC2c2nc3ccccc3s2)cc1OC. The minimum absolute atomic E-state index is 0.0125. The number of aromatic nitrogens is 1. The van der Waals surface area contributed by atoms with E-state index in [1.165, 1.54) is 32.4 Å². The fraction of sp³-hybridized carbons (Fsp3) is 0.391. The number of thiazole rings is 1. The number of likely N-dealkylation sites (tertiary alicyclic amines) is 1. The summed E-state index contributed by atoms with van der Waals surface area (Å²) in [5, 5.41) is 0.940. The van der Waals surface area contributed by atoms with Crippen molar-refractivity contribution < 1.29 is 22.7 Å². The lowest BCUT2D eigenvalue weighted by Crippen LogP contribution is -2.40. The Bertz CT molecular complexity index is 1210. The number of rotatable bonds is 8. The fourth-order valence-corrected chi connectivity index (χ4v) is 6.18. The highest BCUT2D eigenvalue weighted by molar-refractivity contribution is 7.89. The van der Waals surface area contributed by atoms with Crippen LogP contribution in [0.2, 0.25) is 0 Å². The van der Waals surface area contributed by atoms with E-state index in [1.54, 1.807) is 11.3 Å². The lowest BCUT2D eigenvalue weighted by Gasteiger charge is -2.34. The molecule has 2 aromatic carbocycles. The molecule has 8 nitrogen and oxygen atoms in total. The number of fused-ring (bicyclic) bond motifs is 1. The Balaban J connectivity index is 1.42. The zero-order chi connectivity index (χ0) is 23.4. The van der Waals surface area contributed by atoms with Gasteiger partial charge in [0.15, 0.2) is 11.5 Å². The van der Waals surface area contributed by atoms with Gasteiger partial charge in [-0.15, -0.1) is 11.3 Å². The van der Waals surface area contributed by atoms with E-state index in [9.17, 15) is 13.2 Å². The third-order valence-corrected chi connectivity index (χ3v) is 8.31. The Morgan fingerprint density at radius 1 is 1.15 bits per heavy atom. The van der Waals surface area contributed by atoms with Crippen molar-refractivity contribution in [3.63, 3.8) is 0 Å². The molecule has 3 aromatic rings. The average molecular weight is 490 g/mol. The lowest BCUT2D eigenvalue weighted by atomic mass is 10.0. The standard InChI is InChI=1S/C23H27N3O5S2/c1-30-19-11-10-16(15-20(19)31-2)33(28,29)24-13-12-22(27)26-14-6-5-8-18(26)23-25-17-7-3-4-9-21(17)32-23/h3-4,7,9-11,15,18,24H,5-6,8,12-14H2,1-2H3. The summed E-state index contributed by atoms with van der Waals surface area (Å²) in [6, 6.07) is 12.3. The largest absolute Gasteiger partial charge is 0.493 e. The number of carbonyl (C=O) groups is 1. The van der Waals surface area contributed by atoms with E-state index in [4.69, 9.17) is 14.5 Å². The minimum atomic E-state index is -3.79. The molecule has 1 unspecified atom stereocenters. The number of piperidine rings is 1. The lowest BCUT2D eigenvalue weighted by molar-refractivity contribution is -0.134. The molecule has 0 saturated carbocycles. The van der Waals surface area contributed by atoms with Crippen molar-refractivity contribution in [3.05, 3.63) is 47.5 Å². The second-order valence-electron chi connectivity index (χ2n) is 7.78. The smallest absolute Gasteiger partial charge is 0.240 e. The van der Waals surface area contributed by atoms with Gasteiger partial charge >= 0.3 is 0 Å². The van der Waals surface area contributed by atoms with Gasteiger partial charge < -0.3 is 14.4 Å². The molecule has 1 amide bonds. The number of hydrogen-bond donors (Lipinski definition) is 1. The molecule has 33 heavy (non-hydrogen) atoms. The molecule has 0 bridgehead atoms. The van der Waals surface area contributed by atoms with Crippen molar-refractivity contribution in [2.75, 3.05) is 27.3 Å². The van der Waals surface area contributed by atoms with E-state index in [2.05, 4.69) is 4.72 Å². The first-order valence-corrected chi connectivity index (χ1v) is 13.1. The third-order valence-electron chi connectivity index (χ3n) is 5.71. The maximum atomic E-state index is 13.0. The van der Waals surface area contributed by atoms with Gasteiger partial charge in [-0.3, -0.25) is 4.79 Å². The quantitative estimate of drug-likeness (QED) is 0.518. The number of nitrogens with zero attached hydrogens (tertiary/aromatic N) is 2. The fourth-order valence-electron chi connectivity index (χ4n) is 4.02. The highest BCUT2D eigenvalue weighted by Crippen LogP contribution is 2.36. The first kappa shape index (κ1) is 23.5. The van der Waals surface area contributed by atoms with E-state index < -0.39 is 10.0 Å². The second kappa shape index (κ2) is 10.1. The van der Waals surface area contributed by atoms with Crippen molar-refractivity contribution in [3.8, 4) is 11.5 Å². The molecule has 0 radical (unpaired) electrons. The van der Waals surface area contributed by atoms with Crippen molar-refractivity contribution in [2.45, 2.75) is 36.6 Å². The first-order chi connectivity index (χ1) is 15.9. The number of sulfonamides is 1. The van der Waals surface area contributed by atoms with Gasteiger partial charge in [0.05, 0.1) is 35.4 Å². The summed E-state index contributed by atoms with van der Waals surface area (Å²) in [4.78, 5) is 19.7. The van der Waals surface area contributed by atoms with E-state index in [0.717, 1.165) is 34.5 Å². The van der Waals surface area contributed by atoms with E-state index in [1.807, 2.05) is 29.2 Å². The molecule has 1 saturated heterocycles. The Morgan fingerprint density at radius 3 is 2.70 bits per heavy atom. The van der Waals surface area contributed by atoms with E-state index in [-0.39, 0.29) is 29.8 Å². The number of benzene rings is 2. The molecular formula is C23H27N3O5S2. The van der Waals surface area contributed by atoms with Gasteiger partial charge in [-0.1, -0.05) is 12.1 Å². The molecule has 2 heterocycles. The number of amides is 1. The van der Waals surface area contributed by atoms with Crippen molar-refractivity contribution in [1.29, 1.82) is 0 Å². The number of hydrogen-bond acceptors (Lipinski definition) is 7. The predicted octanol–water partition coefficient (Wildman–Crippen LogP) is 3.74. The summed E-state index contributed by atoms with van der Waals surface area (Å²) < 4.78 is 39.4. The maximum absolute atomic E-state index is 13.0. The Kier molecular flexibility index (Phi) is 7.16. The normalized spacial score (nSPS) is 16.7. The average Bonchev–Trinajstić information content (AvgIpc) is 3.27. The summed E-state index contributed by atoms with van der Waals surface area (Å²) in [5.74, 6) is 0.690. The third kappa shape index (κ3) is 5.13. The van der Waals surface area contributed by atoms with E-state index in [0.29, 0.717) is 18.0 Å². The Labute approximate surface area is 197 Å². The summed E-state index contributed by atoms with van der Waals surface area (Å²) in [7, 11) is -0.864. The topological polar surface area (TPSA) is 97.8 Å². The van der Waals surface area contributed by atoms with Gasteiger partial charge in [0.2, 0.25) is 15.9 Å². The van der Waals surface area contributed by atoms with E-state index >= 15 is 0 Å². The van der Waals surface area contributed by atoms with Gasteiger partial charge in [0.1, 0.15) is 5.01 Å². The van der Waals surface area contributed by atoms with Gasteiger partial charge in [0, 0.05) is 25.6 Å². The first-order valence-electron chi connectivity index (χ1n) is 10.8.